The van der Waals surface area contributed by atoms with Gasteiger partial charge in [0.15, 0.2) is 0 Å². The summed E-state index contributed by atoms with van der Waals surface area (Å²) in [6.07, 6.45) is -1.41. The molecule has 0 amide bonds. The summed E-state index contributed by atoms with van der Waals surface area (Å²) in [5.74, 6) is 0. The summed E-state index contributed by atoms with van der Waals surface area (Å²) in [6.45, 7) is 0.465. The Kier molecular flexibility index (Phi) is 2.82. The van der Waals surface area contributed by atoms with Crippen molar-refractivity contribution in [2.24, 2.45) is 5.73 Å². The van der Waals surface area contributed by atoms with Crippen molar-refractivity contribution in [1.82, 2.24) is 4.57 Å². The van der Waals surface area contributed by atoms with E-state index >= 15 is 0 Å². The van der Waals surface area contributed by atoms with Gasteiger partial charge in [-0.05, 0) is 42.8 Å². The van der Waals surface area contributed by atoms with E-state index in [-0.39, 0.29) is 6.04 Å². The number of rotatable bonds is 1. The maximum Gasteiger partial charge on any atom is 0.416 e. The first kappa shape index (κ1) is 12.5. The van der Waals surface area contributed by atoms with Crippen molar-refractivity contribution in [3.8, 4) is 0 Å². The SMILES string of the molecule is NCC1CCCc2cc3ccc(C(F)(F)F)cc3n21. The van der Waals surface area contributed by atoms with Gasteiger partial charge in [-0.1, -0.05) is 6.07 Å². The number of alkyl halides is 3. The zero-order valence-electron chi connectivity index (χ0n) is 10.4. The first-order chi connectivity index (χ1) is 9.00. The van der Waals surface area contributed by atoms with Gasteiger partial charge < -0.3 is 10.3 Å². The van der Waals surface area contributed by atoms with E-state index in [1.54, 1.807) is 6.07 Å². The van der Waals surface area contributed by atoms with E-state index in [0.29, 0.717) is 12.1 Å². The Morgan fingerprint density at radius 2 is 2.05 bits per heavy atom. The normalized spacial score (nSPS) is 19.7. The summed E-state index contributed by atoms with van der Waals surface area (Å²) in [6, 6.07) is 6.04. The number of fused-ring (bicyclic) bond motifs is 3. The van der Waals surface area contributed by atoms with Crippen LogP contribution in [0, 0.1) is 0 Å². The smallest absolute Gasteiger partial charge is 0.340 e. The molecule has 0 aliphatic carbocycles. The summed E-state index contributed by atoms with van der Waals surface area (Å²) in [5.41, 5.74) is 6.90. The molecule has 0 radical (unpaired) electrons. The van der Waals surface area contributed by atoms with Gasteiger partial charge >= 0.3 is 6.18 Å². The lowest BCUT2D eigenvalue weighted by Gasteiger charge is -2.26. The van der Waals surface area contributed by atoms with Crippen LogP contribution in [0.15, 0.2) is 24.3 Å². The van der Waals surface area contributed by atoms with Gasteiger partial charge in [0, 0.05) is 23.8 Å². The van der Waals surface area contributed by atoms with Crippen LogP contribution in [0.3, 0.4) is 0 Å². The van der Waals surface area contributed by atoms with Crippen molar-refractivity contribution in [2.45, 2.75) is 31.5 Å². The second-order valence-corrected chi connectivity index (χ2v) is 5.06. The number of aromatic nitrogens is 1. The number of hydrogen-bond acceptors (Lipinski definition) is 1. The highest BCUT2D eigenvalue weighted by Crippen LogP contribution is 2.36. The standard InChI is InChI=1S/C14H15F3N2/c15-14(16,17)10-5-4-9-6-11-2-1-3-12(8-18)19(11)13(9)7-10/h4-7,12H,1-3,8,18H2. The third-order valence-electron chi connectivity index (χ3n) is 3.86. The first-order valence-electron chi connectivity index (χ1n) is 6.42. The quantitative estimate of drug-likeness (QED) is 0.843. The number of benzene rings is 1. The number of halogens is 3. The third-order valence-corrected chi connectivity index (χ3v) is 3.86. The predicted octanol–water partition coefficient (Wildman–Crippen LogP) is 3.50. The number of hydrogen-bond donors (Lipinski definition) is 1. The molecule has 0 saturated heterocycles. The van der Waals surface area contributed by atoms with Gasteiger partial charge in [-0.25, -0.2) is 0 Å². The fourth-order valence-corrected chi connectivity index (χ4v) is 2.95. The van der Waals surface area contributed by atoms with Crippen LogP contribution in [0.2, 0.25) is 0 Å². The Balaban J connectivity index is 2.22. The molecule has 5 heteroatoms. The van der Waals surface area contributed by atoms with E-state index in [1.165, 1.54) is 6.07 Å². The molecular formula is C14H15F3N2. The van der Waals surface area contributed by atoms with Crippen LogP contribution < -0.4 is 5.73 Å². The van der Waals surface area contributed by atoms with Gasteiger partial charge in [0.1, 0.15) is 0 Å². The highest BCUT2D eigenvalue weighted by Gasteiger charge is 2.31. The molecule has 1 aliphatic rings. The lowest BCUT2D eigenvalue weighted by atomic mass is 10.0. The Bertz CT molecular complexity index is 613. The highest BCUT2D eigenvalue weighted by molar-refractivity contribution is 5.82. The van der Waals surface area contributed by atoms with Gasteiger partial charge in [0.05, 0.1) is 5.56 Å². The maximum absolute atomic E-state index is 12.8. The molecule has 2 heterocycles. The van der Waals surface area contributed by atoms with Crippen molar-refractivity contribution < 1.29 is 13.2 Å². The Hall–Kier alpha value is -1.49. The summed E-state index contributed by atoms with van der Waals surface area (Å²) >= 11 is 0. The van der Waals surface area contributed by atoms with E-state index in [9.17, 15) is 13.2 Å². The lowest BCUT2D eigenvalue weighted by Crippen LogP contribution is -2.24. The molecule has 0 saturated carbocycles. The summed E-state index contributed by atoms with van der Waals surface area (Å²) in [4.78, 5) is 0. The molecule has 0 bridgehead atoms. The maximum atomic E-state index is 12.8. The Morgan fingerprint density at radius 1 is 1.26 bits per heavy atom. The molecule has 102 valence electrons. The minimum atomic E-state index is -4.30. The van der Waals surface area contributed by atoms with Gasteiger partial charge in [0.2, 0.25) is 0 Å². The Morgan fingerprint density at radius 3 is 2.74 bits per heavy atom. The number of nitrogens with zero attached hydrogens (tertiary/aromatic N) is 1. The first-order valence-corrected chi connectivity index (χ1v) is 6.42. The van der Waals surface area contributed by atoms with E-state index in [2.05, 4.69) is 0 Å². The van der Waals surface area contributed by atoms with Crippen molar-refractivity contribution in [1.29, 1.82) is 0 Å². The second kappa shape index (κ2) is 4.27. The van der Waals surface area contributed by atoms with Crippen LogP contribution >= 0.6 is 0 Å². The van der Waals surface area contributed by atoms with Crippen molar-refractivity contribution in [3.05, 3.63) is 35.5 Å². The molecule has 19 heavy (non-hydrogen) atoms. The third kappa shape index (κ3) is 2.02. The molecule has 3 rings (SSSR count). The van der Waals surface area contributed by atoms with E-state index in [4.69, 9.17) is 5.73 Å². The highest BCUT2D eigenvalue weighted by atomic mass is 19.4. The molecule has 1 unspecified atom stereocenters. The average molecular weight is 268 g/mol. The molecule has 2 N–H and O–H groups in total. The van der Waals surface area contributed by atoms with Gasteiger partial charge in [0.25, 0.3) is 0 Å². The van der Waals surface area contributed by atoms with Gasteiger partial charge in [-0.3, -0.25) is 0 Å². The largest absolute Gasteiger partial charge is 0.416 e. The predicted molar refractivity (Wildman–Crippen MR) is 68.0 cm³/mol. The van der Waals surface area contributed by atoms with Crippen molar-refractivity contribution >= 4 is 10.9 Å². The van der Waals surface area contributed by atoms with Crippen LogP contribution in [-0.2, 0) is 12.6 Å². The number of nitrogens with two attached hydrogens (primary N) is 1. The molecule has 1 aliphatic heterocycles. The number of aryl methyl sites for hydroxylation is 1. The lowest BCUT2D eigenvalue weighted by molar-refractivity contribution is -0.137. The summed E-state index contributed by atoms with van der Waals surface area (Å²) in [7, 11) is 0. The monoisotopic (exact) mass is 268 g/mol. The van der Waals surface area contributed by atoms with E-state index < -0.39 is 11.7 Å². The van der Waals surface area contributed by atoms with Gasteiger partial charge in [-0.2, -0.15) is 13.2 Å². The minimum absolute atomic E-state index is 0.115. The van der Waals surface area contributed by atoms with Crippen LogP contribution in [-0.4, -0.2) is 11.1 Å². The molecule has 1 atom stereocenters. The molecular weight excluding hydrogens is 253 g/mol. The van der Waals surface area contributed by atoms with Crippen LogP contribution in [0.5, 0.6) is 0 Å². The van der Waals surface area contributed by atoms with Crippen LogP contribution in [0.1, 0.15) is 30.1 Å². The molecule has 2 aromatic rings. The molecule has 0 fully saturated rings. The molecule has 0 spiro atoms. The molecule has 2 nitrogen and oxygen atoms in total. The zero-order chi connectivity index (χ0) is 13.6. The minimum Gasteiger partial charge on any atom is -0.340 e. The fraction of sp³-hybridized carbons (Fsp3) is 0.429. The second-order valence-electron chi connectivity index (χ2n) is 5.06. The molecule has 1 aromatic carbocycles. The van der Waals surface area contributed by atoms with Crippen molar-refractivity contribution in [3.63, 3.8) is 0 Å². The Labute approximate surface area is 109 Å². The van der Waals surface area contributed by atoms with Gasteiger partial charge in [-0.15, -0.1) is 0 Å². The van der Waals surface area contributed by atoms with E-state index in [1.807, 2.05) is 10.6 Å². The fourth-order valence-electron chi connectivity index (χ4n) is 2.95. The van der Waals surface area contributed by atoms with Crippen LogP contribution in [0.25, 0.3) is 10.9 Å². The van der Waals surface area contributed by atoms with Crippen molar-refractivity contribution in [2.75, 3.05) is 6.54 Å². The molecule has 1 aromatic heterocycles. The summed E-state index contributed by atoms with van der Waals surface area (Å²) < 4.78 is 40.4. The van der Waals surface area contributed by atoms with Crippen LogP contribution in [0.4, 0.5) is 13.2 Å². The summed E-state index contributed by atoms with van der Waals surface area (Å²) in [5, 5.41) is 0.864. The topological polar surface area (TPSA) is 30.9 Å². The average Bonchev–Trinajstić information content (AvgIpc) is 2.75. The van der Waals surface area contributed by atoms with E-state index in [0.717, 1.165) is 36.4 Å². The zero-order valence-corrected chi connectivity index (χ0v) is 10.4.